The van der Waals surface area contributed by atoms with Crippen LogP contribution in [0.25, 0.3) is 0 Å². The first kappa shape index (κ1) is 22.2. The van der Waals surface area contributed by atoms with Gasteiger partial charge in [0.25, 0.3) is 0 Å². The van der Waals surface area contributed by atoms with Crippen molar-refractivity contribution >= 4 is 17.6 Å². The normalized spacial score (nSPS) is 22.4. The number of halogens is 1. The molecule has 1 saturated heterocycles. The van der Waals surface area contributed by atoms with E-state index in [9.17, 15) is 4.79 Å². The second kappa shape index (κ2) is 10.5. The Labute approximate surface area is 191 Å². The van der Waals surface area contributed by atoms with Gasteiger partial charge in [0.15, 0.2) is 0 Å². The summed E-state index contributed by atoms with van der Waals surface area (Å²) in [7, 11) is 0. The van der Waals surface area contributed by atoms with E-state index in [4.69, 9.17) is 11.6 Å². The van der Waals surface area contributed by atoms with E-state index >= 15 is 0 Å². The molecule has 0 radical (unpaired) electrons. The van der Waals surface area contributed by atoms with Gasteiger partial charge < -0.3 is 10.6 Å². The molecule has 0 aromatic heterocycles. The van der Waals surface area contributed by atoms with Crippen molar-refractivity contribution in [2.45, 2.75) is 64.1 Å². The van der Waals surface area contributed by atoms with Crippen LogP contribution in [-0.2, 0) is 13.0 Å². The minimum Gasteiger partial charge on any atom is -0.334 e. The Morgan fingerprint density at radius 1 is 1.03 bits per heavy atom. The maximum absolute atomic E-state index is 12.5. The fourth-order valence-corrected chi connectivity index (χ4v) is 5.34. The van der Waals surface area contributed by atoms with Gasteiger partial charge in [-0.3, -0.25) is 4.90 Å². The van der Waals surface area contributed by atoms with Crippen molar-refractivity contribution in [1.29, 1.82) is 0 Å². The molecule has 1 aliphatic carbocycles. The Morgan fingerprint density at radius 2 is 1.81 bits per heavy atom. The monoisotopic (exact) mass is 439 g/mol. The Kier molecular flexibility index (Phi) is 7.52. The van der Waals surface area contributed by atoms with Crippen LogP contribution in [0.3, 0.4) is 0 Å². The minimum absolute atomic E-state index is 0.0453. The highest BCUT2D eigenvalue weighted by molar-refractivity contribution is 6.30. The van der Waals surface area contributed by atoms with Crippen molar-refractivity contribution in [3.8, 4) is 0 Å². The number of hydrogen-bond donors (Lipinski definition) is 2. The zero-order valence-electron chi connectivity index (χ0n) is 18.4. The van der Waals surface area contributed by atoms with E-state index in [-0.39, 0.29) is 12.1 Å². The molecule has 1 aliphatic heterocycles. The number of urea groups is 1. The molecule has 4 rings (SSSR count). The van der Waals surface area contributed by atoms with Crippen LogP contribution >= 0.6 is 11.6 Å². The summed E-state index contributed by atoms with van der Waals surface area (Å²) in [5.41, 5.74) is 3.74. The minimum atomic E-state index is -0.0453. The number of carbonyl (C=O) groups is 1. The number of nitrogens with one attached hydrogen (secondary N) is 2. The number of likely N-dealkylation sites (tertiary alicyclic amines) is 1. The van der Waals surface area contributed by atoms with Gasteiger partial charge in [0.1, 0.15) is 0 Å². The van der Waals surface area contributed by atoms with Crippen molar-refractivity contribution in [2.24, 2.45) is 5.92 Å². The van der Waals surface area contributed by atoms with E-state index < -0.39 is 0 Å². The van der Waals surface area contributed by atoms with Gasteiger partial charge in [0, 0.05) is 23.7 Å². The van der Waals surface area contributed by atoms with Crippen molar-refractivity contribution < 1.29 is 4.79 Å². The second-order valence-corrected chi connectivity index (χ2v) is 9.67. The molecular weight excluding hydrogens is 406 g/mol. The molecule has 1 heterocycles. The second-order valence-electron chi connectivity index (χ2n) is 9.23. The molecular formula is C26H34ClN3O. The molecule has 31 heavy (non-hydrogen) atoms. The molecule has 0 bridgehead atoms. The molecule has 5 heteroatoms. The zero-order chi connectivity index (χ0) is 21.6. The Bertz CT molecular complexity index is 861. The predicted octanol–water partition coefficient (Wildman–Crippen LogP) is 5.32. The lowest BCUT2D eigenvalue weighted by atomic mass is 9.89. The molecule has 2 aromatic rings. The first-order valence-corrected chi connectivity index (χ1v) is 12.0. The van der Waals surface area contributed by atoms with E-state index in [1.54, 1.807) is 0 Å². The van der Waals surface area contributed by atoms with E-state index in [0.717, 1.165) is 42.4 Å². The van der Waals surface area contributed by atoms with Gasteiger partial charge >= 0.3 is 6.03 Å². The highest BCUT2D eigenvalue weighted by atomic mass is 35.5. The SMILES string of the molecule is Cc1cccc(CNC(=O)NC2CCCC2N2CCC(Cc3ccc(Cl)cc3)CC2)c1. The number of amides is 2. The third-order valence-corrected chi connectivity index (χ3v) is 7.14. The molecule has 2 unspecified atom stereocenters. The van der Waals surface area contributed by atoms with Crippen LogP contribution in [0, 0.1) is 12.8 Å². The maximum Gasteiger partial charge on any atom is 0.315 e. The Morgan fingerprint density at radius 3 is 2.55 bits per heavy atom. The lowest BCUT2D eigenvalue weighted by Crippen LogP contribution is -2.53. The molecule has 2 aromatic carbocycles. The fourth-order valence-electron chi connectivity index (χ4n) is 5.21. The number of benzene rings is 2. The first-order valence-electron chi connectivity index (χ1n) is 11.7. The van der Waals surface area contributed by atoms with Gasteiger partial charge in [0.2, 0.25) is 0 Å². The smallest absolute Gasteiger partial charge is 0.315 e. The van der Waals surface area contributed by atoms with E-state index in [1.165, 1.54) is 36.8 Å². The van der Waals surface area contributed by atoms with Gasteiger partial charge in [-0.15, -0.1) is 0 Å². The lowest BCUT2D eigenvalue weighted by Gasteiger charge is -2.38. The maximum atomic E-state index is 12.5. The number of rotatable bonds is 6. The van der Waals surface area contributed by atoms with E-state index in [0.29, 0.717) is 12.6 Å². The zero-order valence-corrected chi connectivity index (χ0v) is 19.2. The highest BCUT2D eigenvalue weighted by Crippen LogP contribution is 2.30. The summed E-state index contributed by atoms with van der Waals surface area (Å²) < 4.78 is 0. The van der Waals surface area contributed by atoms with Crippen LogP contribution in [-0.4, -0.2) is 36.1 Å². The van der Waals surface area contributed by atoms with Crippen LogP contribution < -0.4 is 10.6 Å². The summed E-state index contributed by atoms with van der Waals surface area (Å²) in [6.45, 7) is 4.91. The average molecular weight is 440 g/mol. The van der Waals surface area contributed by atoms with Gasteiger partial charge in [-0.05, 0) is 87.7 Å². The summed E-state index contributed by atoms with van der Waals surface area (Å²) in [5, 5.41) is 7.11. The third-order valence-electron chi connectivity index (χ3n) is 6.89. The Balaban J connectivity index is 1.23. The quantitative estimate of drug-likeness (QED) is 0.639. The summed E-state index contributed by atoms with van der Waals surface area (Å²) in [6, 6.07) is 17.3. The number of piperidine rings is 1. The molecule has 0 spiro atoms. The molecule has 1 saturated carbocycles. The topological polar surface area (TPSA) is 44.4 Å². The van der Waals surface area contributed by atoms with E-state index in [1.807, 2.05) is 18.2 Å². The average Bonchev–Trinajstić information content (AvgIpc) is 3.22. The molecule has 2 N–H and O–H groups in total. The van der Waals surface area contributed by atoms with Gasteiger partial charge in [-0.25, -0.2) is 4.79 Å². The van der Waals surface area contributed by atoms with E-state index in [2.05, 4.69) is 52.8 Å². The van der Waals surface area contributed by atoms with Gasteiger partial charge in [-0.1, -0.05) is 53.6 Å². The third kappa shape index (κ3) is 6.24. The van der Waals surface area contributed by atoms with Crippen molar-refractivity contribution in [2.75, 3.05) is 13.1 Å². The molecule has 166 valence electrons. The lowest BCUT2D eigenvalue weighted by molar-refractivity contribution is 0.118. The van der Waals surface area contributed by atoms with Crippen LogP contribution in [0.4, 0.5) is 4.79 Å². The molecule has 4 nitrogen and oxygen atoms in total. The highest BCUT2D eigenvalue weighted by Gasteiger charge is 2.34. The summed E-state index contributed by atoms with van der Waals surface area (Å²) in [5.74, 6) is 0.739. The summed E-state index contributed by atoms with van der Waals surface area (Å²) in [4.78, 5) is 15.1. The number of carbonyl (C=O) groups excluding carboxylic acids is 1. The number of nitrogens with zero attached hydrogens (tertiary/aromatic N) is 1. The van der Waals surface area contributed by atoms with Crippen molar-refractivity contribution in [3.63, 3.8) is 0 Å². The first-order chi connectivity index (χ1) is 15.1. The Hall–Kier alpha value is -2.04. The van der Waals surface area contributed by atoms with Crippen molar-refractivity contribution in [3.05, 3.63) is 70.2 Å². The predicted molar refractivity (Wildman–Crippen MR) is 127 cm³/mol. The molecule has 2 fully saturated rings. The van der Waals surface area contributed by atoms with Gasteiger partial charge in [0.05, 0.1) is 0 Å². The summed E-state index contributed by atoms with van der Waals surface area (Å²) in [6.07, 6.45) is 7.05. The van der Waals surface area contributed by atoms with Gasteiger partial charge in [-0.2, -0.15) is 0 Å². The number of aryl methyl sites for hydroxylation is 1. The molecule has 2 atom stereocenters. The van der Waals surface area contributed by atoms with Crippen LogP contribution in [0.5, 0.6) is 0 Å². The summed E-state index contributed by atoms with van der Waals surface area (Å²) >= 11 is 6.01. The largest absolute Gasteiger partial charge is 0.334 e. The standard InChI is InChI=1S/C26H34ClN3O/c1-19-4-2-5-22(16-19)18-28-26(31)29-24-6-3-7-25(24)30-14-12-21(13-15-30)17-20-8-10-23(27)11-9-20/h2,4-5,8-11,16,21,24-25H,3,6-7,12-15,17-18H2,1H3,(H2,28,29,31). The van der Waals surface area contributed by atoms with Crippen LogP contribution in [0.2, 0.25) is 5.02 Å². The molecule has 2 amide bonds. The van der Waals surface area contributed by atoms with Crippen LogP contribution in [0.1, 0.15) is 48.8 Å². The fraction of sp³-hybridized carbons (Fsp3) is 0.500. The van der Waals surface area contributed by atoms with Crippen molar-refractivity contribution in [1.82, 2.24) is 15.5 Å². The molecule has 2 aliphatic rings. The van der Waals surface area contributed by atoms with Crippen LogP contribution in [0.15, 0.2) is 48.5 Å². The number of hydrogen-bond acceptors (Lipinski definition) is 2.